The first-order chi connectivity index (χ1) is 10.4. The van der Waals surface area contributed by atoms with Crippen molar-refractivity contribution in [1.82, 2.24) is 15.3 Å². The van der Waals surface area contributed by atoms with Crippen molar-refractivity contribution in [2.75, 3.05) is 13.2 Å². The highest BCUT2D eigenvalue weighted by Gasteiger charge is 2.20. The lowest BCUT2D eigenvalue weighted by Crippen LogP contribution is -2.16. The number of hydrogen-bond acceptors (Lipinski definition) is 5. The maximum absolute atomic E-state index is 5.54. The maximum Gasteiger partial charge on any atom is 0.232 e. The lowest BCUT2D eigenvalue weighted by atomic mass is 10.3. The average Bonchev–Trinajstić information content (AvgIpc) is 3.36. The number of hydrogen-bond donors (Lipinski definition) is 1. The summed E-state index contributed by atoms with van der Waals surface area (Å²) in [6.07, 6.45) is 5.96. The summed E-state index contributed by atoms with van der Waals surface area (Å²) in [6, 6.07) is 10.4. The predicted octanol–water partition coefficient (Wildman–Crippen LogP) is 2.19. The minimum atomic E-state index is 0.448. The van der Waals surface area contributed by atoms with Crippen LogP contribution < -0.4 is 14.8 Å². The van der Waals surface area contributed by atoms with Crippen LogP contribution in [0.3, 0.4) is 0 Å². The van der Waals surface area contributed by atoms with Crippen molar-refractivity contribution < 1.29 is 9.47 Å². The van der Waals surface area contributed by atoms with E-state index < -0.39 is 0 Å². The van der Waals surface area contributed by atoms with Crippen LogP contribution in [-0.2, 0) is 6.54 Å². The van der Waals surface area contributed by atoms with Gasteiger partial charge in [-0.05, 0) is 25.0 Å². The van der Waals surface area contributed by atoms with Crippen LogP contribution in [0, 0.1) is 0 Å². The van der Waals surface area contributed by atoms with Crippen LogP contribution in [0.1, 0.15) is 18.5 Å². The minimum absolute atomic E-state index is 0.448. The van der Waals surface area contributed by atoms with Crippen molar-refractivity contribution in [3.05, 3.63) is 48.4 Å². The quantitative estimate of drug-likeness (QED) is 0.753. The molecule has 1 aromatic carbocycles. The SMILES string of the molecule is c1ccc(OCCOc2cnc(CNC3CC3)cn2)cc1. The first-order valence-corrected chi connectivity index (χ1v) is 7.25. The average molecular weight is 285 g/mol. The molecule has 1 aliphatic carbocycles. The van der Waals surface area contributed by atoms with E-state index in [4.69, 9.17) is 9.47 Å². The molecular weight excluding hydrogens is 266 g/mol. The van der Waals surface area contributed by atoms with Crippen molar-refractivity contribution >= 4 is 0 Å². The highest BCUT2D eigenvalue weighted by Crippen LogP contribution is 2.19. The first-order valence-electron chi connectivity index (χ1n) is 7.25. The topological polar surface area (TPSA) is 56.3 Å². The fraction of sp³-hybridized carbons (Fsp3) is 0.375. The lowest BCUT2D eigenvalue weighted by Gasteiger charge is -2.08. The van der Waals surface area contributed by atoms with Crippen molar-refractivity contribution in [1.29, 1.82) is 0 Å². The van der Waals surface area contributed by atoms with Crippen molar-refractivity contribution in [3.8, 4) is 11.6 Å². The van der Waals surface area contributed by atoms with Gasteiger partial charge in [-0.1, -0.05) is 18.2 Å². The Kier molecular flexibility index (Phi) is 4.63. The number of ether oxygens (including phenoxy) is 2. The molecule has 0 unspecified atom stereocenters. The molecule has 2 aromatic rings. The number of rotatable bonds is 8. The van der Waals surface area contributed by atoms with E-state index in [1.807, 2.05) is 30.3 Å². The summed E-state index contributed by atoms with van der Waals surface area (Å²) in [5.74, 6) is 1.37. The van der Waals surface area contributed by atoms with Gasteiger partial charge in [0.05, 0.1) is 18.1 Å². The molecule has 0 amide bonds. The molecular formula is C16H19N3O2. The molecule has 1 saturated carbocycles. The zero-order valence-electron chi connectivity index (χ0n) is 11.9. The molecule has 0 atom stereocenters. The second-order valence-electron chi connectivity index (χ2n) is 5.01. The number of benzene rings is 1. The predicted molar refractivity (Wildman–Crippen MR) is 79.3 cm³/mol. The van der Waals surface area contributed by atoms with E-state index in [9.17, 15) is 0 Å². The largest absolute Gasteiger partial charge is 0.490 e. The molecule has 110 valence electrons. The summed E-state index contributed by atoms with van der Waals surface area (Å²) in [6.45, 7) is 1.70. The molecule has 3 rings (SSSR count). The monoisotopic (exact) mass is 285 g/mol. The van der Waals surface area contributed by atoms with E-state index in [0.717, 1.165) is 18.0 Å². The highest BCUT2D eigenvalue weighted by atomic mass is 16.5. The van der Waals surface area contributed by atoms with Gasteiger partial charge in [0.15, 0.2) is 0 Å². The van der Waals surface area contributed by atoms with Crippen molar-refractivity contribution in [2.45, 2.75) is 25.4 Å². The first kappa shape index (κ1) is 13.8. The zero-order valence-corrected chi connectivity index (χ0v) is 11.9. The second kappa shape index (κ2) is 7.04. The normalized spacial score (nSPS) is 13.9. The zero-order chi connectivity index (χ0) is 14.3. The van der Waals surface area contributed by atoms with Crippen LogP contribution in [-0.4, -0.2) is 29.2 Å². The Bertz CT molecular complexity index is 541. The summed E-state index contributed by atoms with van der Waals surface area (Å²) in [5, 5.41) is 3.40. The number of aromatic nitrogens is 2. The number of nitrogens with one attached hydrogen (secondary N) is 1. The van der Waals surface area contributed by atoms with Gasteiger partial charge in [-0.25, -0.2) is 4.98 Å². The molecule has 0 spiro atoms. The van der Waals surface area contributed by atoms with Crippen molar-refractivity contribution in [3.63, 3.8) is 0 Å². The number of nitrogens with zero attached hydrogens (tertiary/aromatic N) is 2. The van der Waals surface area contributed by atoms with Gasteiger partial charge in [0.2, 0.25) is 5.88 Å². The molecule has 0 saturated heterocycles. The van der Waals surface area contributed by atoms with Crippen LogP contribution in [0.2, 0.25) is 0 Å². The standard InChI is InChI=1S/C16H19N3O2/c1-2-4-15(5-3-1)20-8-9-21-16-12-18-14(11-19-16)10-17-13-6-7-13/h1-5,11-13,17H,6-10H2. The van der Waals surface area contributed by atoms with Gasteiger partial charge in [-0.3, -0.25) is 4.98 Å². The Morgan fingerprint density at radius 2 is 1.81 bits per heavy atom. The molecule has 1 aliphatic rings. The highest BCUT2D eigenvalue weighted by molar-refractivity contribution is 5.20. The van der Waals surface area contributed by atoms with E-state index in [1.54, 1.807) is 12.4 Å². The van der Waals surface area contributed by atoms with Crippen LogP contribution >= 0.6 is 0 Å². The smallest absolute Gasteiger partial charge is 0.232 e. The Labute approximate surface area is 124 Å². The molecule has 0 bridgehead atoms. The molecule has 21 heavy (non-hydrogen) atoms. The van der Waals surface area contributed by atoms with Crippen LogP contribution in [0.15, 0.2) is 42.7 Å². The van der Waals surface area contributed by atoms with Crippen LogP contribution in [0.5, 0.6) is 11.6 Å². The molecule has 5 nitrogen and oxygen atoms in total. The fourth-order valence-corrected chi connectivity index (χ4v) is 1.87. The Morgan fingerprint density at radius 1 is 1.00 bits per heavy atom. The van der Waals surface area contributed by atoms with Gasteiger partial charge in [-0.15, -0.1) is 0 Å². The Morgan fingerprint density at radius 3 is 2.52 bits per heavy atom. The molecule has 1 fully saturated rings. The molecule has 1 N–H and O–H groups in total. The Hall–Kier alpha value is -2.14. The minimum Gasteiger partial charge on any atom is -0.490 e. The van der Waals surface area contributed by atoms with E-state index in [0.29, 0.717) is 25.1 Å². The Balaban J connectivity index is 1.36. The van der Waals surface area contributed by atoms with E-state index in [2.05, 4.69) is 15.3 Å². The maximum atomic E-state index is 5.54. The van der Waals surface area contributed by atoms with E-state index in [-0.39, 0.29) is 0 Å². The third-order valence-electron chi connectivity index (χ3n) is 3.18. The summed E-state index contributed by atoms with van der Waals surface area (Å²) >= 11 is 0. The van der Waals surface area contributed by atoms with Gasteiger partial charge in [0.25, 0.3) is 0 Å². The molecule has 1 heterocycles. The second-order valence-corrected chi connectivity index (χ2v) is 5.01. The molecule has 0 aliphatic heterocycles. The van der Waals surface area contributed by atoms with Crippen LogP contribution in [0.4, 0.5) is 0 Å². The third-order valence-corrected chi connectivity index (χ3v) is 3.18. The van der Waals surface area contributed by atoms with Gasteiger partial charge < -0.3 is 14.8 Å². The van der Waals surface area contributed by atoms with Gasteiger partial charge in [0, 0.05) is 12.6 Å². The fourth-order valence-electron chi connectivity index (χ4n) is 1.87. The molecule has 0 radical (unpaired) electrons. The third kappa shape index (κ3) is 4.72. The van der Waals surface area contributed by atoms with Gasteiger partial charge >= 0.3 is 0 Å². The molecule has 1 aromatic heterocycles. The van der Waals surface area contributed by atoms with E-state index in [1.165, 1.54) is 12.8 Å². The summed E-state index contributed by atoms with van der Waals surface area (Å²) in [4.78, 5) is 8.57. The summed E-state index contributed by atoms with van der Waals surface area (Å²) < 4.78 is 11.0. The van der Waals surface area contributed by atoms with Gasteiger partial charge in [0.1, 0.15) is 19.0 Å². The number of para-hydroxylation sites is 1. The molecule has 5 heteroatoms. The van der Waals surface area contributed by atoms with Gasteiger partial charge in [-0.2, -0.15) is 0 Å². The van der Waals surface area contributed by atoms with Crippen LogP contribution in [0.25, 0.3) is 0 Å². The van der Waals surface area contributed by atoms with E-state index >= 15 is 0 Å². The van der Waals surface area contributed by atoms with Crippen molar-refractivity contribution in [2.24, 2.45) is 0 Å². The summed E-state index contributed by atoms with van der Waals surface area (Å²) in [7, 11) is 0. The lowest BCUT2D eigenvalue weighted by molar-refractivity contribution is 0.211. The summed E-state index contributed by atoms with van der Waals surface area (Å²) in [5.41, 5.74) is 0.940.